The molecule has 170 valence electrons. The molecule has 1 amide bonds. The highest BCUT2D eigenvalue weighted by atomic mass is 35.5. The van der Waals surface area contributed by atoms with Crippen LogP contribution in [0.3, 0.4) is 0 Å². The molecule has 1 aromatic carbocycles. The van der Waals surface area contributed by atoms with Crippen LogP contribution in [-0.4, -0.2) is 44.0 Å². The Bertz CT molecular complexity index is 1150. The fraction of sp³-hybridized carbons (Fsp3) is 0.263. The fourth-order valence-electron chi connectivity index (χ4n) is 2.70. The lowest BCUT2D eigenvalue weighted by atomic mass is 10.1. The zero-order valence-electron chi connectivity index (χ0n) is 16.6. The van der Waals surface area contributed by atoms with Gasteiger partial charge in [-0.05, 0) is 26.0 Å². The number of aliphatic hydroxyl groups is 1. The summed E-state index contributed by atoms with van der Waals surface area (Å²) in [6, 6.07) is 1.64. The highest BCUT2D eigenvalue weighted by Crippen LogP contribution is 2.32. The maximum Gasteiger partial charge on any atom is 0.422 e. The second-order valence-electron chi connectivity index (χ2n) is 6.65. The molecule has 0 spiro atoms. The number of hydrogen-bond donors (Lipinski definition) is 3. The molecule has 0 aliphatic rings. The van der Waals surface area contributed by atoms with Gasteiger partial charge in [-0.1, -0.05) is 11.6 Å². The van der Waals surface area contributed by atoms with E-state index in [9.17, 15) is 27.5 Å². The highest BCUT2D eigenvalue weighted by molar-refractivity contribution is 6.33. The van der Waals surface area contributed by atoms with Crippen molar-refractivity contribution in [2.75, 3.05) is 11.9 Å². The number of nitrogens with one attached hydrogen (secondary N) is 2. The summed E-state index contributed by atoms with van der Waals surface area (Å²) < 4.78 is 57.9. The minimum Gasteiger partial charge on any atom is -0.483 e. The average Bonchev–Trinajstić information content (AvgIpc) is 3.04. The normalized spacial score (nSPS) is 11.5. The van der Waals surface area contributed by atoms with Crippen LogP contribution in [0.2, 0.25) is 5.15 Å². The Kier molecular flexibility index (Phi) is 6.65. The van der Waals surface area contributed by atoms with Crippen LogP contribution in [0.15, 0.2) is 18.3 Å². The Hall–Kier alpha value is -3.25. The first kappa shape index (κ1) is 23.4. The molecule has 13 heteroatoms. The summed E-state index contributed by atoms with van der Waals surface area (Å²) in [7, 11) is 0. The van der Waals surface area contributed by atoms with Crippen LogP contribution >= 0.6 is 11.6 Å². The van der Waals surface area contributed by atoms with Crippen molar-refractivity contribution in [3.05, 3.63) is 51.9 Å². The monoisotopic (exact) mass is 473 g/mol. The standard InChI is InChI=1S/C19H16ClF4N5O3/c1-8-14(6-30)26-13(5-25-8)10-4-15(32-7-19(22,23)24)11(3-12(10)21)18(31)27-16-9(2)28-29-17(16)20/h3-5,30H,6-7H2,1-2H3,(H,27,31)(H,28,29). The molecular formula is C19H16ClF4N5O3. The molecule has 2 aromatic heterocycles. The van der Waals surface area contributed by atoms with E-state index in [2.05, 4.69) is 25.5 Å². The van der Waals surface area contributed by atoms with E-state index in [1.807, 2.05) is 0 Å². The maximum absolute atomic E-state index is 14.9. The first-order chi connectivity index (χ1) is 15.0. The van der Waals surface area contributed by atoms with Gasteiger partial charge in [0.15, 0.2) is 11.8 Å². The number of aryl methyl sites for hydroxylation is 2. The summed E-state index contributed by atoms with van der Waals surface area (Å²) in [5.74, 6) is -2.47. The number of carbonyl (C=O) groups excluding carboxylic acids is 1. The number of H-pyrrole nitrogens is 1. The van der Waals surface area contributed by atoms with Gasteiger partial charge in [-0.15, -0.1) is 0 Å². The van der Waals surface area contributed by atoms with Gasteiger partial charge in [-0.25, -0.2) is 9.37 Å². The Balaban J connectivity index is 2.06. The molecule has 0 bridgehead atoms. The zero-order valence-corrected chi connectivity index (χ0v) is 17.4. The number of anilines is 1. The molecule has 3 rings (SSSR count). The molecule has 0 saturated heterocycles. The predicted octanol–water partition coefficient (Wildman–Crippen LogP) is 3.96. The number of nitrogens with zero attached hydrogens (tertiary/aromatic N) is 3. The Labute approximate surface area is 183 Å². The topological polar surface area (TPSA) is 113 Å². The number of carbonyl (C=O) groups is 1. The molecule has 3 N–H and O–H groups in total. The van der Waals surface area contributed by atoms with Gasteiger partial charge in [-0.3, -0.25) is 14.9 Å². The van der Waals surface area contributed by atoms with Crippen LogP contribution in [0, 0.1) is 19.7 Å². The number of aromatic nitrogens is 4. The van der Waals surface area contributed by atoms with E-state index in [0.29, 0.717) is 11.4 Å². The van der Waals surface area contributed by atoms with E-state index in [0.717, 1.165) is 12.1 Å². The van der Waals surface area contributed by atoms with Crippen LogP contribution in [0.25, 0.3) is 11.3 Å². The quantitative estimate of drug-likeness (QED) is 0.467. The van der Waals surface area contributed by atoms with Crippen LogP contribution in [0.1, 0.15) is 27.4 Å². The zero-order chi connectivity index (χ0) is 23.6. The lowest BCUT2D eigenvalue weighted by Crippen LogP contribution is -2.21. The third-order valence-corrected chi connectivity index (χ3v) is 4.60. The molecule has 0 fully saturated rings. The summed E-state index contributed by atoms with van der Waals surface area (Å²) in [4.78, 5) is 20.8. The highest BCUT2D eigenvalue weighted by Gasteiger charge is 2.30. The number of hydrogen-bond acceptors (Lipinski definition) is 6. The van der Waals surface area contributed by atoms with E-state index in [1.165, 1.54) is 6.20 Å². The first-order valence-electron chi connectivity index (χ1n) is 8.98. The summed E-state index contributed by atoms with van der Waals surface area (Å²) >= 11 is 5.87. The molecule has 32 heavy (non-hydrogen) atoms. The van der Waals surface area contributed by atoms with E-state index >= 15 is 0 Å². The second kappa shape index (κ2) is 9.09. The Morgan fingerprint density at radius 2 is 2.03 bits per heavy atom. The number of ether oxygens (including phenoxy) is 1. The lowest BCUT2D eigenvalue weighted by Gasteiger charge is -2.15. The first-order valence-corrected chi connectivity index (χ1v) is 9.36. The maximum atomic E-state index is 14.9. The smallest absolute Gasteiger partial charge is 0.422 e. The van der Waals surface area contributed by atoms with E-state index in [-0.39, 0.29) is 27.8 Å². The molecule has 0 unspecified atom stereocenters. The van der Waals surface area contributed by atoms with E-state index < -0.39 is 42.4 Å². The van der Waals surface area contributed by atoms with Gasteiger partial charge in [0.25, 0.3) is 5.91 Å². The van der Waals surface area contributed by atoms with Crippen LogP contribution in [-0.2, 0) is 6.61 Å². The van der Waals surface area contributed by atoms with Gasteiger partial charge in [0.05, 0.1) is 41.1 Å². The van der Waals surface area contributed by atoms with E-state index in [1.54, 1.807) is 13.8 Å². The van der Waals surface area contributed by atoms with Crippen molar-refractivity contribution in [1.82, 2.24) is 20.2 Å². The number of aromatic amines is 1. The summed E-state index contributed by atoms with van der Waals surface area (Å²) in [5.41, 5.74) is 0.187. The van der Waals surface area contributed by atoms with Crippen molar-refractivity contribution in [2.45, 2.75) is 26.6 Å². The average molecular weight is 474 g/mol. The predicted molar refractivity (Wildman–Crippen MR) is 106 cm³/mol. The Morgan fingerprint density at radius 1 is 1.31 bits per heavy atom. The molecule has 0 atom stereocenters. The molecule has 0 saturated carbocycles. The van der Waals surface area contributed by atoms with Crippen molar-refractivity contribution in [3.63, 3.8) is 0 Å². The van der Waals surface area contributed by atoms with Crippen LogP contribution < -0.4 is 10.1 Å². The van der Waals surface area contributed by atoms with Crippen molar-refractivity contribution in [1.29, 1.82) is 0 Å². The van der Waals surface area contributed by atoms with Crippen LogP contribution in [0.4, 0.5) is 23.2 Å². The number of rotatable bonds is 6. The minimum atomic E-state index is -4.71. The third kappa shape index (κ3) is 5.14. The minimum absolute atomic E-state index is 0.0605. The van der Waals surface area contributed by atoms with Crippen molar-refractivity contribution >= 4 is 23.2 Å². The van der Waals surface area contributed by atoms with Gasteiger partial charge in [-0.2, -0.15) is 18.3 Å². The molecule has 3 aromatic rings. The fourth-order valence-corrected chi connectivity index (χ4v) is 2.93. The second-order valence-corrected chi connectivity index (χ2v) is 7.00. The lowest BCUT2D eigenvalue weighted by molar-refractivity contribution is -0.153. The molecule has 0 aliphatic carbocycles. The van der Waals surface area contributed by atoms with Crippen molar-refractivity contribution in [2.24, 2.45) is 0 Å². The summed E-state index contributed by atoms with van der Waals surface area (Å²) in [5, 5.41) is 17.8. The molecule has 0 radical (unpaired) electrons. The third-order valence-electron chi connectivity index (χ3n) is 4.33. The van der Waals surface area contributed by atoms with Crippen molar-refractivity contribution < 1.29 is 32.2 Å². The molecule has 0 aliphatic heterocycles. The number of alkyl halides is 3. The summed E-state index contributed by atoms with van der Waals surface area (Å²) in [6.45, 7) is 0.934. The van der Waals surface area contributed by atoms with Gasteiger partial charge in [0, 0.05) is 5.56 Å². The number of aliphatic hydroxyl groups excluding tert-OH is 1. The number of halogens is 5. The summed E-state index contributed by atoms with van der Waals surface area (Å²) in [6.07, 6.45) is -3.52. The van der Waals surface area contributed by atoms with Gasteiger partial charge in [0.2, 0.25) is 0 Å². The van der Waals surface area contributed by atoms with Gasteiger partial charge in [0.1, 0.15) is 17.3 Å². The van der Waals surface area contributed by atoms with Gasteiger partial charge < -0.3 is 15.2 Å². The molecular weight excluding hydrogens is 458 g/mol. The van der Waals surface area contributed by atoms with Crippen LogP contribution in [0.5, 0.6) is 5.75 Å². The molecule has 2 heterocycles. The van der Waals surface area contributed by atoms with E-state index in [4.69, 9.17) is 16.3 Å². The molecule has 8 nitrogen and oxygen atoms in total. The Morgan fingerprint density at radius 3 is 2.62 bits per heavy atom. The van der Waals surface area contributed by atoms with Gasteiger partial charge >= 0.3 is 6.18 Å². The largest absolute Gasteiger partial charge is 0.483 e. The van der Waals surface area contributed by atoms with Crippen molar-refractivity contribution in [3.8, 4) is 17.0 Å². The number of amides is 1. The number of benzene rings is 1. The SMILES string of the molecule is Cc1ncc(-c2cc(OCC(F)(F)F)c(C(=O)Nc3c(Cl)n[nH]c3C)cc2F)nc1CO.